The van der Waals surface area contributed by atoms with Gasteiger partial charge in [-0.25, -0.2) is 0 Å². The van der Waals surface area contributed by atoms with Gasteiger partial charge in [-0.2, -0.15) is 0 Å². The molecule has 1 nitrogen and oxygen atoms in total. The molecule has 1 N–H and O–H groups in total. The van der Waals surface area contributed by atoms with Gasteiger partial charge in [0, 0.05) is 16.3 Å². The van der Waals surface area contributed by atoms with Crippen LogP contribution in [-0.2, 0) is 0 Å². The molecule has 1 aliphatic heterocycles. The minimum absolute atomic E-state index is 0.458. The zero-order valence-corrected chi connectivity index (χ0v) is 10.8. The fourth-order valence-corrected chi connectivity index (χ4v) is 3.70. The molecule has 2 atom stereocenters. The summed E-state index contributed by atoms with van der Waals surface area (Å²) in [5.74, 6) is 0. The van der Waals surface area contributed by atoms with Crippen molar-refractivity contribution in [2.45, 2.75) is 24.5 Å². The predicted octanol–water partition coefficient (Wildman–Crippen LogP) is 3.48. The Labute approximate surface area is 97.8 Å². The van der Waals surface area contributed by atoms with Gasteiger partial charge < -0.3 is 5.32 Å². The van der Waals surface area contributed by atoms with Gasteiger partial charge in [-0.3, -0.25) is 0 Å². The molecule has 2 rings (SSSR count). The van der Waals surface area contributed by atoms with Gasteiger partial charge in [0.1, 0.15) is 0 Å². The molecule has 1 aromatic carbocycles. The third-order valence-corrected chi connectivity index (χ3v) is 4.41. The summed E-state index contributed by atoms with van der Waals surface area (Å²) in [6.07, 6.45) is 0. The number of thioether (sulfide) groups is 1. The van der Waals surface area contributed by atoms with E-state index in [4.69, 9.17) is 0 Å². The normalized spacial score (nSPS) is 26.8. The molecule has 0 spiro atoms. The van der Waals surface area contributed by atoms with Crippen LogP contribution in [-0.4, -0.2) is 11.8 Å². The highest BCUT2D eigenvalue weighted by Gasteiger charge is 2.23. The van der Waals surface area contributed by atoms with Crippen LogP contribution in [0.3, 0.4) is 0 Å². The van der Waals surface area contributed by atoms with Crippen LogP contribution < -0.4 is 5.32 Å². The lowest BCUT2D eigenvalue weighted by molar-refractivity contribution is 0.716. The molecule has 0 aliphatic carbocycles. The Morgan fingerprint density at radius 3 is 2.86 bits per heavy atom. The topological polar surface area (TPSA) is 12.0 Å². The van der Waals surface area contributed by atoms with E-state index < -0.39 is 0 Å². The second kappa shape index (κ2) is 4.25. The highest BCUT2D eigenvalue weighted by molar-refractivity contribution is 9.10. The third-order valence-electron chi connectivity index (χ3n) is 2.40. The molecule has 0 radical (unpaired) electrons. The quantitative estimate of drug-likeness (QED) is 0.840. The fraction of sp³-hybridized carbons (Fsp3) is 0.455. The molecule has 76 valence electrons. The van der Waals surface area contributed by atoms with Crippen LogP contribution in [0, 0.1) is 6.92 Å². The second-order valence-electron chi connectivity index (χ2n) is 3.76. The van der Waals surface area contributed by atoms with E-state index in [1.54, 1.807) is 0 Å². The summed E-state index contributed by atoms with van der Waals surface area (Å²) in [5, 5.41) is 4.69. The van der Waals surface area contributed by atoms with Crippen LogP contribution in [0.4, 0.5) is 0 Å². The molecular weight excluding hydrogens is 258 g/mol. The summed E-state index contributed by atoms with van der Waals surface area (Å²) in [6.45, 7) is 5.49. The van der Waals surface area contributed by atoms with Crippen LogP contribution in [0.15, 0.2) is 22.7 Å². The van der Waals surface area contributed by atoms with Gasteiger partial charge in [-0.05, 0) is 24.1 Å². The summed E-state index contributed by atoms with van der Waals surface area (Å²) >= 11 is 5.62. The number of rotatable bonds is 1. The number of aryl methyl sites for hydroxylation is 1. The molecule has 1 aliphatic rings. The summed E-state index contributed by atoms with van der Waals surface area (Å²) in [6, 6.07) is 6.56. The van der Waals surface area contributed by atoms with Gasteiger partial charge in [-0.1, -0.05) is 35.0 Å². The van der Waals surface area contributed by atoms with Gasteiger partial charge in [0.15, 0.2) is 0 Å². The predicted molar refractivity (Wildman–Crippen MR) is 66.7 cm³/mol. The minimum atomic E-state index is 0.458. The Kier molecular flexibility index (Phi) is 3.20. The Bertz CT molecular complexity index is 340. The van der Waals surface area contributed by atoms with Crippen LogP contribution >= 0.6 is 27.7 Å². The summed E-state index contributed by atoms with van der Waals surface area (Å²) in [7, 11) is 0. The third kappa shape index (κ3) is 2.15. The number of hydrogen-bond acceptors (Lipinski definition) is 2. The lowest BCUT2D eigenvalue weighted by atomic mass is 10.1. The molecule has 1 saturated heterocycles. The van der Waals surface area contributed by atoms with Crippen molar-refractivity contribution in [3.63, 3.8) is 0 Å². The molecule has 0 saturated carbocycles. The van der Waals surface area contributed by atoms with Gasteiger partial charge in [0.2, 0.25) is 0 Å². The maximum Gasteiger partial charge on any atom is 0.0803 e. The SMILES string of the molecule is Cc1ccc(C2NCC(C)S2)c(Br)c1. The smallest absolute Gasteiger partial charge is 0.0803 e. The first kappa shape index (κ1) is 10.5. The van der Waals surface area contributed by atoms with Crippen molar-refractivity contribution < 1.29 is 0 Å². The lowest BCUT2D eigenvalue weighted by Crippen LogP contribution is -2.14. The first-order valence-electron chi connectivity index (χ1n) is 4.81. The van der Waals surface area contributed by atoms with E-state index in [1.807, 2.05) is 11.8 Å². The average molecular weight is 272 g/mol. The molecular formula is C11H14BrNS. The Morgan fingerprint density at radius 1 is 1.50 bits per heavy atom. The lowest BCUT2D eigenvalue weighted by Gasteiger charge is -2.12. The van der Waals surface area contributed by atoms with E-state index in [0.717, 1.165) is 6.54 Å². The first-order chi connectivity index (χ1) is 6.66. The Balaban J connectivity index is 2.24. The highest BCUT2D eigenvalue weighted by atomic mass is 79.9. The van der Waals surface area contributed by atoms with E-state index >= 15 is 0 Å². The van der Waals surface area contributed by atoms with E-state index in [0.29, 0.717) is 10.6 Å². The maximum atomic E-state index is 3.62. The summed E-state index contributed by atoms with van der Waals surface area (Å²) in [5.41, 5.74) is 2.67. The molecule has 1 fully saturated rings. The minimum Gasteiger partial charge on any atom is -0.300 e. The van der Waals surface area contributed by atoms with Crippen LogP contribution in [0.1, 0.15) is 23.4 Å². The standard InChI is InChI=1S/C11H14BrNS/c1-7-3-4-9(10(12)5-7)11-13-6-8(2)14-11/h3-5,8,11,13H,6H2,1-2H3. The van der Waals surface area contributed by atoms with Crippen LogP contribution in [0.5, 0.6) is 0 Å². The largest absolute Gasteiger partial charge is 0.300 e. The van der Waals surface area contributed by atoms with E-state index in [-0.39, 0.29) is 0 Å². The van der Waals surface area contributed by atoms with Crippen molar-refractivity contribution >= 4 is 27.7 Å². The molecule has 0 bridgehead atoms. The van der Waals surface area contributed by atoms with E-state index in [1.165, 1.54) is 15.6 Å². The van der Waals surface area contributed by atoms with Crippen molar-refractivity contribution in [3.05, 3.63) is 33.8 Å². The first-order valence-corrected chi connectivity index (χ1v) is 6.55. The number of halogens is 1. The van der Waals surface area contributed by atoms with Gasteiger partial charge in [0.05, 0.1) is 5.37 Å². The van der Waals surface area contributed by atoms with E-state index in [9.17, 15) is 0 Å². The summed E-state index contributed by atoms with van der Waals surface area (Å²) in [4.78, 5) is 0. The van der Waals surface area contributed by atoms with E-state index in [2.05, 4.69) is 53.3 Å². The molecule has 2 unspecified atom stereocenters. The zero-order chi connectivity index (χ0) is 10.1. The van der Waals surface area contributed by atoms with Crippen molar-refractivity contribution in [2.75, 3.05) is 6.54 Å². The van der Waals surface area contributed by atoms with Crippen molar-refractivity contribution in [3.8, 4) is 0 Å². The van der Waals surface area contributed by atoms with Crippen molar-refractivity contribution in [1.29, 1.82) is 0 Å². The summed E-state index contributed by atoms with van der Waals surface area (Å²) < 4.78 is 1.22. The monoisotopic (exact) mass is 271 g/mol. The van der Waals surface area contributed by atoms with Crippen LogP contribution in [0.25, 0.3) is 0 Å². The Hall–Kier alpha value is 0.01000. The second-order valence-corrected chi connectivity index (χ2v) is 6.16. The molecule has 3 heteroatoms. The molecule has 14 heavy (non-hydrogen) atoms. The zero-order valence-electron chi connectivity index (χ0n) is 8.38. The van der Waals surface area contributed by atoms with Gasteiger partial charge in [0.25, 0.3) is 0 Å². The number of nitrogens with one attached hydrogen (secondary N) is 1. The van der Waals surface area contributed by atoms with Crippen molar-refractivity contribution in [2.24, 2.45) is 0 Å². The fourth-order valence-electron chi connectivity index (χ4n) is 1.63. The van der Waals surface area contributed by atoms with Crippen LogP contribution in [0.2, 0.25) is 0 Å². The molecule has 0 aromatic heterocycles. The average Bonchev–Trinajstić information content (AvgIpc) is 2.51. The number of hydrogen-bond donors (Lipinski definition) is 1. The van der Waals surface area contributed by atoms with Gasteiger partial charge in [-0.15, -0.1) is 11.8 Å². The number of benzene rings is 1. The maximum absolute atomic E-state index is 3.62. The van der Waals surface area contributed by atoms with Gasteiger partial charge >= 0.3 is 0 Å². The molecule has 0 amide bonds. The molecule has 1 aromatic rings. The molecule has 1 heterocycles. The highest BCUT2D eigenvalue weighted by Crippen LogP contribution is 2.38. The Morgan fingerprint density at radius 2 is 2.29 bits per heavy atom. The van der Waals surface area contributed by atoms with Crippen molar-refractivity contribution in [1.82, 2.24) is 5.32 Å².